The van der Waals surface area contributed by atoms with Crippen LogP contribution in [0.3, 0.4) is 0 Å². The van der Waals surface area contributed by atoms with Gasteiger partial charge < -0.3 is 20.1 Å². The van der Waals surface area contributed by atoms with Gasteiger partial charge in [0.25, 0.3) is 0 Å². The Kier molecular flexibility index (Phi) is 4.21. The predicted molar refractivity (Wildman–Crippen MR) is 66.5 cm³/mol. The molecule has 18 heavy (non-hydrogen) atoms. The second kappa shape index (κ2) is 5.14. The Balaban J connectivity index is 2.64. The van der Waals surface area contributed by atoms with Crippen molar-refractivity contribution in [3.8, 4) is 0 Å². The summed E-state index contributed by atoms with van der Waals surface area (Å²) in [5.74, 6) is -0.865. The highest BCUT2D eigenvalue weighted by Gasteiger charge is 2.41. The minimum absolute atomic E-state index is 0.00278. The summed E-state index contributed by atoms with van der Waals surface area (Å²) in [6.45, 7) is 6.31. The van der Waals surface area contributed by atoms with Crippen molar-refractivity contribution in [2.24, 2.45) is 0 Å². The van der Waals surface area contributed by atoms with Crippen molar-refractivity contribution in [2.75, 3.05) is 20.1 Å². The van der Waals surface area contributed by atoms with E-state index in [2.05, 4.69) is 5.32 Å². The molecule has 0 aromatic heterocycles. The summed E-state index contributed by atoms with van der Waals surface area (Å²) in [7, 11) is 1.72. The third kappa shape index (κ3) is 3.87. The molecule has 0 spiro atoms. The first-order valence-corrected chi connectivity index (χ1v) is 6.06. The molecule has 1 aliphatic rings. The molecule has 0 radical (unpaired) electrons. The first kappa shape index (κ1) is 14.8. The fourth-order valence-electron chi connectivity index (χ4n) is 2.08. The fraction of sp³-hybridized carbons (Fsp3) is 0.833. The average molecular weight is 258 g/mol. The maximum atomic E-state index is 11.9. The molecule has 1 amide bonds. The van der Waals surface area contributed by atoms with Crippen LogP contribution in [-0.2, 0) is 9.53 Å². The van der Waals surface area contributed by atoms with E-state index in [1.807, 2.05) is 20.8 Å². The Labute approximate surface area is 107 Å². The van der Waals surface area contributed by atoms with Crippen molar-refractivity contribution < 1.29 is 19.4 Å². The van der Waals surface area contributed by atoms with Gasteiger partial charge in [-0.2, -0.15) is 0 Å². The van der Waals surface area contributed by atoms with Gasteiger partial charge in [-0.15, -0.1) is 0 Å². The van der Waals surface area contributed by atoms with Crippen molar-refractivity contribution in [1.29, 1.82) is 0 Å². The molecule has 0 bridgehead atoms. The van der Waals surface area contributed by atoms with Crippen LogP contribution in [0.1, 0.15) is 33.6 Å². The highest BCUT2D eigenvalue weighted by atomic mass is 16.6. The Morgan fingerprint density at radius 2 is 2.06 bits per heavy atom. The van der Waals surface area contributed by atoms with Crippen molar-refractivity contribution in [1.82, 2.24) is 10.2 Å². The zero-order chi connectivity index (χ0) is 14.0. The SMILES string of the molecule is CNC1(CC(=O)O)CCN(C(=O)OC(C)(C)C)C1. The average Bonchev–Trinajstić information content (AvgIpc) is 2.59. The Bertz CT molecular complexity index is 337. The normalized spacial score (nSPS) is 24.1. The molecule has 0 saturated carbocycles. The largest absolute Gasteiger partial charge is 0.481 e. The van der Waals surface area contributed by atoms with Crippen LogP contribution < -0.4 is 5.32 Å². The maximum Gasteiger partial charge on any atom is 0.410 e. The predicted octanol–water partition coefficient (Wildman–Crippen LogP) is 1.06. The number of aliphatic carboxylic acids is 1. The third-order valence-corrected chi connectivity index (χ3v) is 3.03. The van der Waals surface area contributed by atoms with Crippen molar-refractivity contribution in [3.05, 3.63) is 0 Å². The zero-order valence-corrected chi connectivity index (χ0v) is 11.4. The lowest BCUT2D eigenvalue weighted by Crippen LogP contribution is -2.48. The van der Waals surface area contributed by atoms with E-state index in [4.69, 9.17) is 9.84 Å². The first-order chi connectivity index (χ1) is 8.17. The van der Waals surface area contributed by atoms with Gasteiger partial charge in [0.1, 0.15) is 5.60 Å². The van der Waals surface area contributed by atoms with E-state index in [0.29, 0.717) is 19.5 Å². The molecular formula is C12H22N2O4. The number of amides is 1. The number of nitrogens with zero attached hydrogens (tertiary/aromatic N) is 1. The minimum Gasteiger partial charge on any atom is -0.481 e. The third-order valence-electron chi connectivity index (χ3n) is 3.03. The number of nitrogens with one attached hydrogen (secondary N) is 1. The molecule has 2 N–H and O–H groups in total. The summed E-state index contributed by atoms with van der Waals surface area (Å²) < 4.78 is 5.28. The van der Waals surface area contributed by atoms with Crippen molar-refractivity contribution >= 4 is 12.1 Å². The van der Waals surface area contributed by atoms with Crippen LogP contribution in [0.25, 0.3) is 0 Å². The number of ether oxygens (including phenoxy) is 1. The first-order valence-electron chi connectivity index (χ1n) is 6.06. The molecule has 1 atom stereocenters. The Morgan fingerprint density at radius 1 is 1.44 bits per heavy atom. The summed E-state index contributed by atoms with van der Waals surface area (Å²) in [5.41, 5.74) is -1.07. The van der Waals surface area contributed by atoms with Gasteiger partial charge in [-0.3, -0.25) is 4.79 Å². The van der Waals surface area contributed by atoms with E-state index in [0.717, 1.165) is 0 Å². The van der Waals surface area contributed by atoms with Gasteiger partial charge in [0.2, 0.25) is 0 Å². The second-order valence-corrected chi connectivity index (χ2v) is 5.75. The van der Waals surface area contributed by atoms with Crippen molar-refractivity contribution in [3.63, 3.8) is 0 Å². The van der Waals surface area contributed by atoms with E-state index in [1.165, 1.54) is 0 Å². The number of carbonyl (C=O) groups is 2. The van der Waals surface area contributed by atoms with Gasteiger partial charge in [-0.05, 0) is 34.2 Å². The van der Waals surface area contributed by atoms with Gasteiger partial charge in [0, 0.05) is 18.6 Å². The smallest absolute Gasteiger partial charge is 0.410 e. The zero-order valence-electron chi connectivity index (χ0n) is 11.4. The van der Waals surface area contributed by atoms with Crippen LogP contribution in [0.4, 0.5) is 4.79 Å². The molecule has 1 fully saturated rings. The highest BCUT2D eigenvalue weighted by molar-refractivity contribution is 5.71. The molecule has 0 aliphatic carbocycles. The molecule has 1 aliphatic heterocycles. The summed E-state index contributed by atoms with van der Waals surface area (Å²) in [4.78, 5) is 24.3. The van der Waals surface area contributed by atoms with Crippen LogP contribution >= 0.6 is 0 Å². The number of likely N-dealkylation sites (N-methyl/N-ethyl adjacent to an activating group) is 1. The molecular weight excluding hydrogens is 236 g/mol. The quantitative estimate of drug-likeness (QED) is 0.791. The molecule has 0 aromatic rings. The molecule has 1 rings (SSSR count). The standard InChI is InChI=1S/C12H22N2O4/c1-11(2,3)18-10(17)14-6-5-12(8-14,13-4)7-9(15)16/h13H,5-8H2,1-4H3,(H,15,16). The number of carboxylic acids is 1. The summed E-state index contributed by atoms with van der Waals surface area (Å²) >= 11 is 0. The summed E-state index contributed by atoms with van der Waals surface area (Å²) in [5, 5.41) is 11.9. The van der Waals surface area contributed by atoms with Gasteiger partial charge >= 0.3 is 12.1 Å². The van der Waals surface area contributed by atoms with E-state index < -0.39 is 17.1 Å². The molecule has 6 heteroatoms. The maximum absolute atomic E-state index is 11.9. The Hall–Kier alpha value is -1.30. The number of carboxylic acid groups (broad SMARTS) is 1. The number of rotatable bonds is 3. The number of hydrogen-bond acceptors (Lipinski definition) is 4. The second-order valence-electron chi connectivity index (χ2n) is 5.75. The van der Waals surface area contributed by atoms with Crippen LogP contribution in [0.2, 0.25) is 0 Å². The topological polar surface area (TPSA) is 78.9 Å². The van der Waals surface area contributed by atoms with E-state index in [9.17, 15) is 9.59 Å². The number of carbonyl (C=O) groups excluding carboxylic acids is 1. The fourth-order valence-corrected chi connectivity index (χ4v) is 2.08. The van der Waals surface area contributed by atoms with Gasteiger partial charge in [0.15, 0.2) is 0 Å². The lowest BCUT2D eigenvalue weighted by molar-refractivity contribution is -0.138. The summed E-state index contributed by atoms with van der Waals surface area (Å²) in [6, 6.07) is 0. The lowest BCUT2D eigenvalue weighted by atomic mass is 9.95. The molecule has 1 unspecified atom stereocenters. The number of likely N-dealkylation sites (tertiary alicyclic amines) is 1. The number of hydrogen-bond donors (Lipinski definition) is 2. The van der Waals surface area contributed by atoms with Crippen molar-refractivity contribution in [2.45, 2.75) is 44.8 Å². The van der Waals surface area contributed by atoms with E-state index in [1.54, 1.807) is 11.9 Å². The Morgan fingerprint density at radius 3 is 2.50 bits per heavy atom. The van der Waals surface area contributed by atoms with Gasteiger partial charge in [-0.25, -0.2) is 4.79 Å². The highest BCUT2D eigenvalue weighted by Crippen LogP contribution is 2.26. The molecule has 1 saturated heterocycles. The van der Waals surface area contributed by atoms with Crippen LogP contribution in [0, 0.1) is 0 Å². The minimum atomic E-state index is -0.865. The molecule has 6 nitrogen and oxygen atoms in total. The van der Waals surface area contributed by atoms with Gasteiger partial charge in [0.05, 0.1) is 6.42 Å². The molecule has 0 aromatic carbocycles. The monoisotopic (exact) mass is 258 g/mol. The molecule has 104 valence electrons. The van der Waals surface area contributed by atoms with Crippen LogP contribution in [0.15, 0.2) is 0 Å². The van der Waals surface area contributed by atoms with Crippen LogP contribution in [-0.4, -0.2) is 53.3 Å². The van der Waals surface area contributed by atoms with Gasteiger partial charge in [-0.1, -0.05) is 0 Å². The van der Waals surface area contributed by atoms with E-state index >= 15 is 0 Å². The molecule has 1 heterocycles. The summed E-state index contributed by atoms with van der Waals surface area (Å²) in [6.07, 6.45) is 0.239. The lowest BCUT2D eigenvalue weighted by Gasteiger charge is -2.28. The van der Waals surface area contributed by atoms with Crippen LogP contribution in [0.5, 0.6) is 0 Å². The van der Waals surface area contributed by atoms with E-state index in [-0.39, 0.29) is 12.5 Å².